The number of carbonyl (C=O) groups excluding carboxylic acids is 1. The van der Waals surface area contributed by atoms with Crippen LogP contribution in [0.3, 0.4) is 0 Å². The van der Waals surface area contributed by atoms with Gasteiger partial charge in [0.05, 0.1) is 12.1 Å². The van der Waals surface area contributed by atoms with Crippen LogP contribution in [0.2, 0.25) is 0 Å². The average Bonchev–Trinajstić information content (AvgIpc) is 2.73. The molecule has 0 aromatic carbocycles. The topological polar surface area (TPSA) is 38.1 Å². The molecule has 1 amide bonds. The summed E-state index contributed by atoms with van der Waals surface area (Å²) in [7, 11) is 2.00. The molecule has 4 nitrogen and oxygen atoms in total. The lowest BCUT2D eigenvalue weighted by atomic mass is 9.95. The molecule has 2 rings (SSSR count). The van der Waals surface area contributed by atoms with Gasteiger partial charge in [-0.3, -0.25) is 9.48 Å². The molecule has 0 N–H and O–H groups in total. The third-order valence-corrected chi connectivity index (χ3v) is 5.41. The highest BCUT2D eigenvalue weighted by atomic mass is 16.2. The molecule has 4 heteroatoms. The Bertz CT molecular complexity index is 539. The Kier molecular flexibility index (Phi) is 6.88. The lowest BCUT2D eigenvalue weighted by Gasteiger charge is -2.30. The summed E-state index contributed by atoms with van der Waals surface area (Å²) < 4.78 is 2.07. The summed E-state index contributed by atoms with van der Waals surface area (Å²) in [5.41, 5.74) is 3.28. The first-order chi connectivity index (χ1) is 11.4. The van der Waals surface area contributed by atoms with E-state index >= 15 is 0 Å². The molecule has 0 atom stereocenters. The number of nitrogens with zero attached hydrogens (tertiary/aromatic N) is 3. The predicted octanol–water partition coefficient (Wildman–Crippen LogP) is 4.27. The number of amides is 1. The molecule has 0 bridgehead atoms. The molecule has 0 radical (unpaired) electrons. The van der Waals surface area contributed by atoms with Crippen molar-refractivity contribution in [1.29, 1.82) is 0 Å². The van der Waals surface area contributed by atoms with Crippen LogP contribution in [-0.4, -0.2) is 33.7 Å². The second-order valence-corrected chi connectivity index (χ2v) is 7.91. The van der Waals surface area contributed by atoms with Crippen LogP contribution in [0.25, 0.3) is 0 Å². The maximum absolute atomic E-state index is 12.8. The zero-order chi connectivity index (χ0) is 17.7. The van der Waals surface area contributed by atoms with E-state index < -0.39 is 0 Å². The predicted molar refractivity (Wildman–Crippen MR) is 99.1 cm³/mol. The molecule has 1 aromatic rings. The lowest BCUT2D eigenvalue weighted by Crippen LogP contribution is -2.38. The van der Waals surface area contributed by atoms with Crippen LogP contribution >= 0.6 is 0 Å². The second-order valence-electron chi connectivity index (χ2n) is 7.91. The summed E-state index contributed by atoms with van der Waals surface area (Å²) >= 11 is 0. The standard InChI is InChI=1S/C20H35N3O/c1-15(2)14-23-17(4)19(16(3)21-23)13-20(24)22(5)18-11-9-7-6-8-10-12-18/h15,18H,6-14H2,1-5H3. The van der Waals surface area contributed by atoms with Crippen molar-refractivity contribution in [3.8, 4) is 0 Å². The van der Waals surface area contributed by atoms with Crippen LogP contribution in [0, 0.1) is 19.8 Å². The molecule has 0 unspecified atom stereocenters. The smallest absolute Gasteiger partial charge is 0.227 e. The largest absolute Gasteiger partial charge is 0.342 e. The van der Waals surface area contributed by atoms with Crippen molar-refractivity contribution < 1.29 is 4.79 Å². The normalized spacial score (nSPS) is 16.9. The first-order valence-electron chi connectivity index (χ1n) is 9.68. The number of carbonyl (C=O) groups is 1. The first-order valence-corrected chi connectivity index (χ1v) is 9.68. The average molecular weight is 334 g/mol. The summed E-state index contributed by atoms with van der Waals surface area (Å²) in [6.45, 7) is 9.44. The third-order valence-electron chi connectivity index (χ3n) is 5.41. The van der Waals surface area contributed by atoms with E-state index in [0.29, 0.717) is 18.4 Å². The highest BCUT2D eigenvalue weighted by molar-refractivity contribution is 5.79. The summed E-state index contributed by atoms with van der Waals surface area (Å²) in [6.07, 6.45) is 9.32. The van der Waals surface area contributed by atoms with Crippen molar-refractivity contribution in [2.24, 2.45) is 5.92 Å². The van der Waals surface area contributed by atoms with Crippen molar-refractivity contribution >= 4 is 5.91 Å². The van der Waals surface area contributed by atoms with Gasteiger partial charge in [-0.2, -0.15) is 5.10 Å². The molecular formula is C20H35N3O. The first kappa shape index (κ1) is 19.0. The van der Waals surface area contributed by atoms with E-state index in [4.69, 9.17) is 0 Å². The Morgan fingerprint density at radius 3 is 2.33 bits per heavy atom. The van der Waals surface area contributed by atoms with Gasteiger partial charge in [-0.05, 0) is 32.6 Å². The summed E-state index contributed by atoms with van der Waals surface area (Å²) in [6, 6.07) is 0.420. The quantitative estimate of drug-likeness (QED) is 0.807. The Morgan fingerprint density at radius 1 is 1.17 bits per heavy atom. The highest BCUT2D eigenvalue weighted by Gasteiger charge is 2.23. The van der Waals surface area contributed by atoms with Crippen molar-refractivity contribution in [3.05, 3.63) is 17.0 Å². The summed E-state index contributed by atoms with van der Waals surface area (Å²) in [4.78, 5) is 14.9. The van der Waals surface area contributed by atoms with E-state index in [2.05, 4.69) is 30.6 Å². The number of hydrogen-bond acceptors (Lipinski definition) is 2. The Morgan fingerprint density at radius 2 is 1.75 bits per heavy atom. The second kappa shape index (κ2) is 8.68. The molecule has 0 saturated heterocycles. The van der Waals surface area contributed by atoms with Crippen molar-refractivity contribution in [1.82, 2.24) is 14.7 Å². The Labute approximate surface area is 147 Å². The van der Waals surface area contributed by atoms with Crippen LogP contribution < -0.4 is 0 Å². The van der Waals surface area contributed by atoms with Crippen molar-refractivity contribution in [3.63, 3.8) is 0 Å². The van der Waals surface area contributed by atoms with Crippen molar-refractivity contribution in [2.75, 3.05) is 7.05 Å². The van der Waals surface area contributed by atoms with Crippen LogP contribution in [0.4, 0.5) is 0 Å². The van der Waals surface area contributed by atoms with Crippen LogP contribution in [0.1, 0.15) is 75.7 Å². The molecule has 1 saturated carbocycles. The maximum atomic E-state index is 12.8. The fraction of sp³-hybridized carbons (Fsp3) is 0.800. The fourth-order valence-corrected chi connectivity index (χ4v) is 3.81. The van der Waals surface area contributed by atoms with E-state index in [9.17, 15) is 4.79 Å². The van der Waals surface area contributed by atoms with E-state index in [-0.39, 0.29) is 5.91 Å². The van der Waals surface area contributed by atoms with Gasteiger partial charge in [0.1, 0.15) is 0 Å². The van der Waals surface area contributed by atoms with Gasteiger partial charge in [-0.25, -0.2) is 0 Å². The number of aryl methyl sites for hydroxylation is 1. The maximum Gasteiger partial charge on any atom is 0.227 e. The van der Waals surface area contributed by atoms with E-state index in [1.54, 1.807) is 0 Å². The Balaban J connectivity index is 2.04. The SMILES string of the molecule is Cc1nn(CC(C)C)c(C)c1CC(=O)N(C)C1CCCCCCC1. The fourth-order valence-electron chi connectivity index (χ4n) is 3.81. The van der Waals surface area contributed by atoms with E-state index in [0.717, 1.165) is 36.3 Å². The van der Waals surface area contributed by atoms with Crippen molar-refractivity contribution in [2.45, 2.75) is 91.6 Å². The molecule has 136 valence electrons. The minimum Gasteiger partial charge on any atom is -0.342 e. The van der Waals surface area contributed by atoms with Gasteiger partial charge in [0.2, 0.25) is 5.91 Å². The van der Waals surface area contributed by atoms with Gasteiger partial charge in [0.25, 0.3) is 0 Å². The molecule has 0 spiro atoms. The van der Waals surface area contributed by atoms with E-state index in [1.807, 2.05) is 18.9 Å². The molecule has 1 aliphatic rings. The van der Waals surface area contributed by atoms with Gasteiger partial charge in [-0.15, -0.1) is 0 Å². The minimum absolute atomic E-state index is 0.246. The molecule has 0 aliphatic heterocycles. The summed E-state index contributed by atoms with van der Waals surface area (Å²) in [5.74, 6) is 0.806. The Hall–Kier alpha value is -1.32. The third kappa shape index (κ3) is 4.84. The number of aromatic nitrogens is 2. The zero-order valence-electron chi connectivity index (χ0n) is 16.3. The number of hydrogen-bond donors (Lipinski definition) is 0. The minimum atomic E-state index is 0.246. The number of likely N-dealkylation sites (N-methyl/N-ethyl adjacent to an activating group) is 1. The van der Waals surface area contributed by atoms with Crippen LogP contribution in [0.15, 0.2) is 0 Å². The zero-order valence-corrected chi connectivity index (χ0v) is 16.3. The van der Waals surface area contributed by atoms with E-state index in [1.165, 1.54) is 32.1 Å². The van der Waals surface area contributed by atoms with Crippen LogP contribution in [0.5, 0.6) is 0 Å². The highest BCUT2D eigenvalue weighted by Crippen LogP contribution is 2.22. The van der Waals surface area contributed by atoms with Crippen LogP contribution in [-0.2, 0) is 17.8 Å². The summed E-state index contributed by atoms with van der Waals surface area (Å²) in [5, 5.41) is 4.65. The molecule has 1 aliphatic carbocycles. The van der Waals surface area contributed by atoms with Gasteiger partial charge in [0.15, 0.2) is 0 Å². The monoisotopic (exact) mass is 333 g/mol. The lowest BCUT2D eigenvalue weighted by molar-refractivity contribution is -0.131. The number of rotatable bonds is 5. The van der Waals surface area contributed by atoms with Gasteiger partial charge in [-0.1, -0.05) is 46.0 Å². The van der Waals surface area contributed by atoms with Gasteiger partial charge in [0, 0.05) is 30.9 Å². The van der Waals surface area contributed by atoms with Gasteiger partial charge >= 0.3 is 0 Å². The molecule has 1 aromatic heterocycles. The molecule has 24 heavy (non-hydrogen) atoms. The molecular weight excluding hydrogens is 298 g/mol. The molecule has 1 heterocycles. The molecule has 1 fully saturated rings. The van der Waals surface area contributed by atoms with Gasteiger partial charge < -0.3 is 4.90 Å².